The number of carbonyl (C=O) groups excluding carboxylic acids is 2. The molecule has 9 heteroatoms. The number of rotatable bonds is 9. The molecule has 1 aromatic carbocycles. The first-order valence-corrected chi connectivity index (χ1v) is 10.9. The molecule has 0 bridgehead atoms. The summed E-state index contributed by atoms with van der Waals surface area (Å²) in [7, 11) is 0. The summed E-state index contributed by atoms with van der Waals surface area (Å²) in [5.74, 6) is 0.830. The van der Waals surface area contributed by atoms with Crippen LogP contribution in [0.25, 0.3) is 0 Å². The third kappa shape index (κ3) is 5.04. The molecule has 1 atom stereocenters. The number of primary amides is 1. The van der Waals surface area contributed by atoms with Crippen LogP contribution in [0.5, 0.6) is 0 Å². The van der Waals surface area contributed by atoms with Gasteiger partial charge in [0.25, 0.3) is 0 Å². The van der Waals surface area contributed by atoms with Crippen molar-refractivity contribution in [2.45, 2.75) is 54.0 Å². The van der Waals surface area contributed by atoms with Gasteiger partial charge in [0.1, 0.15) is 5.82 Å². The van der Waals surface area contributed by atoms with Gasteiger partial charge in [0.2, 0.25) is 11.8 Å². The number of nitrogens with zero attached hydrogens (tertiary/aromatic N) is 3. The van der Waals surface area contributed by atoms with Gasteiger partial charge in [-0.2, -0.15) is 0 Å². The molecule has 1 fully saturated rings. The summed E-state index contributed by atoms with van der Waals surface area (Å²) in [5.41, 5.74) is 6.10. The predicted molar refractivity (Wildman–Crippen MR) is 108 cm³/mol. The third-order valence-corrected chi connectivity index (χ3v) is 6.16. The van der Waals surface area contributed by atoms with Gasteiger partial charge >= 0.3 is 0 Å². The largest absolute Gasteiger partial charge is 0.370 e. The summed E-state index contributed by atoms with van der Waals surface area (Å²) in [6.07, 6.45) is 4.37. The Kier molecular flexibility index (Phi) is 6.43. The molecule has 3 N–H and O–H groups in total. The summed E-state index contributed by atoms with van der Waals surface area (Å²) in [5, 5.41) is 11.8. The number of thioether (sulfide) groups is 2. The lowest BCUT2D eigenvalue weighted by Crippen LogP contribution is -2.23. The van der Waals surface area contributed by atoms with E-state index in [1.54, 1.807) is 11.8 Å². The minimum Gasteiger partial charge on any atom is -0.370 e. The molecule has 1 aliphatic carbocycles. The topological polar surface area (TPSA) is 103 Å². The second kappa shape index (κ2) is 8.79. The van der Waals surface area contributed by atoms with Crippen LogP contribution in [0.15, 0.2) is 34.3 Å². The molecule has 2 amide bonds. The molecule has 27 heavy (non-hydrogen) atoms. The Bertz CT molecular complexity index is 835. The Morgan fingerprint density at radius 2 is 2.07 bits per heavy atom. The molecular formula is C18H23N5O2S2. The fraction of sp³-hybridized carbons (Fsp3) is 0.444. The van der Waals surface area contributed by atoms with Gasteiger partial charge in [0.05, 0.1) is 10.9 Å². The molecular weight excluding hydrogens is 382 g/mol. The Labute approximate surface area is 166 Å². The van der Waals surface area contributed by atoms with Gasteiger partial charge in [0, 0.05) is 23.8 Å². The Morgan fingerprint density at radius 1 is 1.33 bits per heavy atom. The van der Waals surface area contributed by atoms with Crippen LogP contribution < -0.4 is 11.1 Å². The summed E-state index contributed by atoms with van der Waals surface area (Å²) >= 11 is 2.93. The molecule has 2 aromatic rings. The van der Waals surface area contributed by atoms with E-state index in [1.165, 1.54) is 11.8 Å². The van der Waals surface area contributed by atoms with E-state index >= 15 is 0 Å². The summed E-state index contributed by atoms with van der Waals surface area (Å²) in [4.78, 5) is 24.9. The second-order valence-electron chi connectivity index (χ2n) is 6.43. The number of nitrogens with one attached hydrogen (secondary N) is 1. The van der Waals surface area contributed by atoms with Crippen molar-refractivity contribution >= 4 is 41.0 Å². The molecule has 1 unspecified atom stereocenters. The highest BCUT2D eigenvalue weighted by Crippen LogP contribution is 2.40. The van der Waals surface area contributed by atoms with Crippen molar-refractivity contribution in [3.05, 3.63) is 30.1 Å². The molecule has 7 nitrogen and oxygen atoms in total. The lowest BCUT2D eigenvalue weighted by Gasteiger charge is -2.14. The fourth-order valence-corrected chi connectivity index (χ4v) is 4.09. The van der Waals surface area contributed by atoms with E-state index in [0.29, 0.717) is 17.6 Å². The van der Waals surface area contributed by atoms with Gasteiger partial charge < -0.3 is 15.6 Å². The Morgan fingerprint density at radius 3 is 2.74 bits per heavy atom. The van der Waals surface area contributed by atoms with Crippen LogP contribution in [-0.4, -0.2) is 38.1 Å². The minimum atomic E-state index is -0.360. The number of anilines is 1. The maximum atomic E-state index is 12.6. The van der Waals surface area contributed by atoms with Gasteiger partial charge in [-0.3, -0.25) is 9.59 Å². The highest BCUT2D eigenvalue weighted by atomic mass is 32.2. The first-order valence-electron chi connectivity index (χ1n) is 8.81. The van der Waals surface area contributed by atoms with Crippen molar-refractivity contribution in [2.24, 2.45) is 5.73 Å². The van der Waals surface area contributed by atoms with Crippen molar-refractivity contribution in [3.8, 4) is 0 Å². The highest BCUT2D eigenvalue weighted by Gasteiger charge is 2.31. The Balaban J connectivity index is 1.70. The standard InChI is InChI=1S/C18H23N5O2S2/c1-11(17(25)20-13-5-3-4-6-14(13)26-2)27-18-22-21-16(12-7-8-12)23(18)10-9-15(19)24/h3-6,11-12H,7-10H2,1-2H3,(H2,19,24)(H,20,25). The van der Waals surface area contributed by atoms with E-state index in [4.69, 9.17) is 5.73 Å². The SMILES string of the molecule is CSc1ccccc1NC(=O)C(C)Sc1nnc(C2CC2)n1CCC(N)=O. The smallest absolute Gasteiger partial charge is 0.237 e. The van der Waals surface area contributed by atoms with Gasteiger partial charge in [-0.1, -0.05) is 23.9 Å². The number of carbonyl (C=O) groups is 2. The lowest BCUT2D eigenvalue weighted by molar-refractivity contribution is -0.118. The molecule has 0 aliphatic heterocycles. The van der Waals surface area contributed by atoms with Crippen LogP contribution in [0.4, 0.5) is 5.69 Å². The van der Waals surface area contributed by atoms with E-state index in [2.05, 4.69) is 15.5 Å². The number of aromatic nitrogens is 3. The molecule has 1 heterocycles. The normalized spacial score (nSPS) is 14.7. The van der Waals surface area contributed by atoms with Crippen molar-refractivity contribution in [3.63, 3.8) is 0 Å². The van der Waals surface area contributed by atoms with Crippen LogP contribution in [0, 0.1) is 0 Å². The van der Waals surface area contributed by atoms with Crippen LogP contribution in [-0.2, 0) is 16.1 Å². The summed E-state index contributed by atoms with van der Waals surface area (Å²) < 4.78 is 1.94. The van der Waals surface area contributed by atoms with Gasteiger partial charge in [-0.25, -0.2) is 0 Å². The van der Waals surface area contributed by atoms with Crippen LogP contribution >= 0.6 is 23.5 Å². The number of amides is 2. The van der Waals surface area contributed by atoms with Crippen molar-refractivity contribution < 1.29 is 9.59 Å². The van der Waals surface area contributed by atoms with E-state index in [0.717, 1.165) is 29.2 Å². The van der Waals surface area contributed by atoms with E-state index < -0.39 is 0 Å². The van der Waals surface area contributed by atoms with Crippen LogP contribution in [0.2, 0.25) is 0 Å². The predicted octanol–water partition coefficient (Wildman–Crippen LogP) is 2.87. The van der Waals surface area contributed by atoms with Gasteiger partial charge in [-0.05, 0) is 38.2 Å². The number of hydrogen-bond donors (Lipinski definition) is 2. The third-order valence-electron chi connectivity index (χ3n) is 4.29. The average molecular weight is 406 g/mol. The molecule has 1 aromatic heterocycles. The first-order chi connectivity index (χ1) is 13.0. The average Bonchev–Trinajstić information content (AvgIpc) is 3.42. The fourth-order valence-electron chi connectivity index (χ4n) is 2.66. The second-order valence-corrected chi connectivity index (χ2v) is 8.59. The molecule has 144 valence electrons. The summed E-state index contributed by atoms with van der Waals surface area (Å²) in [6.45, 7) is 2.28. The zero-order chi connectivity index (χ0) is 19.4. The van der Waals surface area contributed by atoms with E-state index in [1.807, 2.05) is 42.0 Å². The maximum absolute atomic E-state index is 12.6. The number of para-hydroxylation sites is 1. The summed E-state index contributed by atoms with van der Waals surface area (Å²) in [6, 6.07) is 7.71. The number of hydrogen-bond acceptors (Lipinski definition) is 6. The molecule has 0 saturated heterocycles. The van der Waals surface area contributed by atoms with Gasteiger partial charge in [0.15, 0.2) is 5.16 Å². The first kappa shape index (κ1) is 19.8. The number of benzene rings is 1. The Hall–Kier alpha value is -2.00. The van der Waals surface area contributed by atoms with E-state index in [-0.39, 0.29) is 23.5 Å². The van der Waals surface area contributed by atoms with Crippen molar-refractivity contribution in [1.82, 2.24) is 14.8 Å². The van der Waals surface area contributed by atoms with Gasteiger partial charge in [-0.15, -0.1) is 22.0 Å². The van der Waals surface area contributed by atoms with Crippen LogP contribution in [0.1, 0.15) is 37.9 Å². The maximum Gasteiger partial charge on any atom is 0.237 e. The zero-order valence-corrected chi connectivity index (χ0v) is 17.0. The van der Waals surface area contributed by atoms with Crippen molar-refractivity contribution in [2.75, 3.05) is 11.6 Å². The number of nitrogens with two attached hydrogens (primary N) is 1. The molecule has 0 radical (unpaired) electrons. The van der Waals surface area contributed by atoms with Crippen LogP contribution in [0.3, 0.4) is 0 Å². The lowest BCUT2D eigenvalue weighted by atomic mass is 10.3. The highest BCUT2D eigenvalue weighted by molar-refractivity contribution is 8.00. The molecule has 3 rings (SSSR count). The molecule has 1 aliphatic rings. The molecule has 1 saturated carbocycles. The van der Waals surface area contributed by atoms with Crippen molar-refractivity contribution in [1.29, 1.82) is 0 Å². The molecule has 0 spiro atoms. The van der Waals surface area contributed by atoms with E-state index in [9.17, 15) is 9.59 Å². The monoisotopic (exact) mass is 405 g/mol. The quantitative estimate of drug-likeness (QED) is 0.622. The minimum absolute atomic E-state index is 0.0982. The zero-order valence-electron chi connectivity index (χ0n) is 15.3.